The first kappa shape index (κ1) is 14.3. The van der Waals surface area contributed by atoms with Crippen molar-refractivity contribution in [3.63, 3.8) is 0 Å². The van der Waals surface area contributed by atoms with Crippen molar-refractivity contribution in [3.8, 4) is 0 Å². The van der Waals surface area contributed by atoms with E-state index < -0.39 is 0 Å². The van der Waals surface area contributed by atoms with E-state index in [9.17, 15) is 0 Å². The second kappa shape index (κ2) is 5.09. The van der Waals surface area contributed by atoms with Crippen LogP contribution in [0.1, 0.15) is 33.4 Å². The number of rotatable bonds is 5. The van der Waals surface area contributed by atoms with Gasteiger partial charge < -0.3 is 9.72 Å². The predicted octanol–water partition coefficient (Wildman–Crippen LogP) is 3.04. The highest BCUT2D eigenvalue weighted by atomic mass is 32.1. The lowest BCUT2D eigenvalue weighted by Crippen LogP contribution is -2.31. The fraction of sp³-hybridized carbons (Fsp3) is 0.692. The number of nitrogens with zero attached hydrogens (tertiary/aromatic N) is 3. The maximum Gasteiger partial charge on any atom is 0.179 e. The number of fused-ring (bicyclic) bond motifs is 1. The summed E-state index contributed by atoms with van der Waals surface area (Å²) in [6.07, 6.45) is 0. The maximum atomic E-state index is 5.78. The molecule has 2 aromatic rings. The van der Waals surface area contributed by atoms with Gasteiger partial charge in [0.15, 0.2) is 10.4 Å². The fourth-order valence-corrected chi connectivity index (χ4v) is 2.70. The van der Waals surface area contributed by atoms with E-state index in [1.54, 1.807) is 0 Å². The van der Waals surface area contributed by atoms with E-state index in [2.05, 4.69) is 35.4 Å². The van der Waals surface area contributed by atoms with E-state index >= 15 is 0 Å². The SMILES string of the molecule is CCOC(C)(C)Cn1c(=S)[nH]c2c(C)nn(CC)c21. The van der Waals surface area contributed by atoms with E-state index in [0.717, 1.165) is 28.2 Å². The third-order valence-corrected chi connectivity index (χ3v) is 3.53. The van der Waals surface area contributed by atoms with Gasteiger partial charge in [-0.15, -0.1) is 0 Å². The van der Waals surface area contributed by atoms with E-state index in [4.69, 9.17) is 17.0 Å². The van der Waals surface area contributed by atoms with Gasteiger partial charge in [-0.2, -0.15) is 5.10 Å². The minimum Gasteiger partial charge on any atom is -0.374 e. The Morgan fingerprint density at radius 3 is 2.63 bits per heavy atom. The minimum absolute atomic E-state index is 0.251. The van der Waals surface area contributed by atoms with Crippen molar-refractivity contribution in [2.75, 3.05) is 6.61 Å². The van der Waals surface area contributed by atoms with Crippen LogP contribution in [0.3, 0.4) is 0 Å². The zero-order chi connectivity index (χ0) is 14.2. The highest BCUT2D eigenvalue weighted by Gasteiger charge is 2.22. The van der Waals surface area contributed by atoms with Crippen LogP contribution in [0.2, 0.25) is 0 Å². The summed E-state index contributed by atoms with van der Waals surface area (Å²) < 4.78 is 10.6. The van der Waals surface area contributed by atoms with Gasteiger partial charge in [0.1, 0.15) is 5.52 Å². The molecule has 0 saturated carbocycles. The van der Waals surface area contributed by atoms with Crippen molar-refractivity contribution < 1.29 is 4.74 Å². The molecule has 19 heavy (non-hydrogen) atoms. The first-order valence-electron chi connectivity index (χ1n) is 6.69. The average molecular weight is 282 g/mol. The van der Waals surface area contributed by atoms with Crippen LogP contribution in [-0.2, 0) is 17.8 Å². The molecule has 0 saturated heterocycles. The van der Waals surface area contributed by atoms with Gasteiger partial charge in [0, 0.05) is 13.2 Å². The molecule has 2 heterocycles. The Morgan fingerprint density at radius 1 is 1.37 bits per heavy atom. The Labute approximate surface area is 118 Å². The molecule has 6 heteroatoms. The Hall–Kier alpha value is -1.14. The van der Waals surface area contributed by atoms with Crippen LogP contribution in [0.4, 0.5) is 0 Å². The van der Waals surface area contributed by atoms with Gasteiger partial charge in [-0.3, -0.25) is 4.57 Å². The van der Waals surface area contributed by atoms with Crippen molar-refractivity contribution in [1.82, 2.24) is 19.3 Å². The van der Waals surface area contributed by atoms with Crippen LogP contribution in [0.25, 0.3) is 11.2 Å². The van der Waals surface area contributed by atoms with Crippen LogP contribution in [0, 0.1) is 11.7 Å². The van der Waals surface area contributed by atoms with Crippen molar-refractivity contribution in [2.45, 2.75) is 53.3 Å². The van der Waals surface area contributed by atoms with Crippen LogP contribution in [0.5, 0.6) is 0 Å². The predicted molar refractivity (Wildman–Crippen MR) is 79.0 cm³/mol. The number of hydrogen-bond donors (Lipinski definition) is 1. The standard InChI is InChI=1S/C13H22N4OS/c1-6-17-11-10(9(3)15-17)14-12(19)16(11)8-13(4,5)18-7-2/h6-8H2,1-5H3,(H,14,19). The zero-order valence-electron chi connectivity index (χ0n) is 12.3. The molecule has 0 aromatic carbocycles. The van der Waals surface area contributed by atoms with Crippen LogP contribution in [-0.4, -0.2) is 31.5 Å². The molecule has 2 aromatic heterocycles. The van der Waals surface area contributed by atoms with Crippen molar-refractivity contribution in [1.29, 1.82) is 0 Å². The van der Waals surface area contributed by atoms with Gasteiger partial charge >= 0.3 is 0 Å². The molecule has 0 spiro atoms. The number of aryl methyl sites for hydroxylation is 2. The van der Waals surface area contributed by atoms with Crippen LogP contribution >= 0.6 is 12.2 Å². The lowest BCUT2D eigenvalue weighted by molar-refractivity contribution is -0.0220. The first-order valence-corrected chi connectivity index (χ1v) is 7.10. The summed E-state index contributed by atoms with van der Waals surface area (Å²) >= 11 is 5.44. The summed E-state index contributed by atoms with van der Waals surface area (Å²) in [5.41, 5.74) is 2.81. The molecule has 1 N–H and O–H groups in total. The number of nitrogens with one attached hydrogen (secondary N) is 1. The molecule has 0 atom stereocenters. The number of ether oxygens (including phenoxy) is 1. The number of H-pyrrole nitrogens is 1. The number of hydrogen-bond acceptors (Lipinski definition) is 3. The summed E-state index contributed by atoms with van der Waals surface area (Å²) in [4.78, 5) is 3.25. The highest BCUT2D eigenvalue weighted by molar-refractivity contribution is 7.71. The van der Waals surface area contributed by atoms with Gasteiger partial charge in [0.25, 0.3) is 0 Å². The molecular weight excluding hydrogens is 260 g/mol. The molecule has 0 amide bonds. The second-order valence-corrected chi connectivity index (χ2v) is 5.70. The third-order valence-electron chi connectivity index (χ3n) is 3.21. The number of imidazole rings is 1. The van der Waals surface area contributed by atoms with Crippen LogP contribution < -0.4 is 0 Å². The average Bonchev–Trinajstić information content (AvgIpc) is 2.79. The van der Waals surface area contributed by atoms with Crippen molar-refractivity contribution in [3.05, 3.63) is 10.5 Å². The maximum absolute atomic E-state index is 5.78. The molecule has 0 aliphatic carbocycles. The van der Waals surface area contributed by atoms with Crippen LogP contribution in [0.15, 0.2) is 0 Å². The van der Waals surface area contributed by atoms with Gasteiger partial charge in [-0.1, -0.05) is 0 Å². The Kier molecular flexibility index (Phi) is 3.82. The summed E-state index contributed by atoms with van der Waals surface area (Å²) in [6, 6.07) is 0. The molecular formula is C13H22N4OS. The van der Waals surface area contributed by atoms with Crippen molar-refractivity contribution >= 4 is 23.4 Å². The molecule has 0 fully saturated rings. The topological polar surface area (TPSA) is 47.8 Å². The quantitative estimate of drug-likeness (QED) is 0.857. The molecule has 0 aliphatic heterocycles. The second-order valence-electron chi connectivity index (χ2n) is 5.31. The van der Waals surface area contributed by atoms with Gasteiger partial charge in [0.2, 0.25) is 0 Å². The first-order chi connectivity index (χ1) is 8.89. The Bertz CT molecular complexity index is 635. The molecule has 0 aliphatic rings. The normalized spacial score (nSPS) is 12.5. The smallest absolute Gasteiger partial charge is 0.179 e. The molecule has 0 bridgehead atoms. The molecule has 106 valence electrons. The molecule has 5 nitrogen and oxygen atoms in total. The summed E-state index contributed by atoms with van der Waals surface area (Å²) in [7, 11) is 0. The van der Waals surface area contributed by atoms with E-state index in [1.165, 1.54) is 0 Å². The van der Waals surface area contributed by atoms with E-state index in [0.29, 0.717) is 13.2 Å². The summed E-state index contributed by atoms with van der Waals surface area (Å²) in [6.45, 7) is 12.5. The monoisotopic (exact) mass is 282 g/mol. The largest absolute Gasteiger partial charge is 0.374 e. The molecule has 0 unspecified atom stereocenters. The number of aromatic nitrogens is 4. The van der Waals surface area contributed by atoms with Gasteiger partial charge in [-0.25, -0.2) is 4.68 Å². The fourth-order valence-electron chi connectivity index (χ4n) is 2.44. The number of aromatic amines is 1. The highest BCUT2D eigenvalue weighted by Crippen LogP contribution is 2.21. The Balaban J connectivity index is 2.53. The lowest BCUT2D eigenvalue weighted by atomic mass is 10.1. The zero-order valence-corrected chi connectivity index (χ0v) is 13.1. The summed E-state index contributed by atoms with van der Waals surface area (Å²) in [5.74, 6) is 0. The van der Waals surface area contributed by atoms with Crippen molar-refractivity contribution in [2.24, 2.45) is 0 Å². The minimum atomic E-state index is -0.251. The van der Waals surface area contributed by atoms with E-state index in [-0.39, 0.29) is 5.60 Å². The van der Waals surface area contributed by atoms with Gasteiger partial charge in [-0.05, 0) is 46.8 Å². The third kappa shape index (κ3) is 2.60. The molecule has 0 radical (unpaired) electrons. The molecule has 2 rings (SSSR count). The van der Waals surface area contributed by atoms with Gasteiger partial charge in [0.05, 0.1) is 17.8 Å². The summed E-state index contributed by atoms with van der Waals surface area (Å²) in [5, 5.41) is 4.52. The Morgan fingerprint density at radius 2 is 2.05 bits per heavy atom. The van der Waals surface area contributed by atoms with E-state index in [1.807, 2.05) is 18.5 Å². The lowest BCUT2D eigenvalue weighted by Gasteiger charge is -2.25.